The first-order valence-electron chi connectivity index (χ1n) is 6.76. The minimum atomic E-state index is -4.13. The molecule has 1 aliphatic rings. The highest BCUT2D eigenvalue weighted by Crippen LogP contribution is 2.39. The maximum atomic E-state index is 12.8. The summed E-state index contributed by atoms with van der Waals surface area (Å²) >= 11 is 0. The van der Waals surface area contributed by atoms with E-state index >= 15 is 0 Å². The van der Waals surface area contributed by atoms with Crippen molar-refractivity contribution in [2.45, 2.75) is 64.2 Å². The summed E-state index contributed by atoms with van der Waals surface area (Å²) in [5.74, 6) is -2.15. The number of carboxylic acid groups (broad SMARTS) is 1. The van der Waals surface area contributed by atoms with Crippen molar-refractivity contribution >= 4 is 5.97 Å². The molecule has 0 bridgehead atoms. The van der Waals surface area contributed by atoms with Gasteiger partial charge in [0.2, 0.25) is 0 Å². The van der Waals surface area contributed by atoms with Crippen LogP contribution in [0, 0.1) is 5.92 Å². The number of nitrogens with zero attached hydrogens (tertiary/aromatic N) is 1. The Kier molecular flexibility index (Phi) is 5.64. The van der Waals surface area contributed by atoms with E-state index in [1.54, 1.807) is 0 Å². The summed E-state index contributed by atoms with van der Waals surface area (Å²) in [5.41, 5.74) is 0. The van der Waals surface area contributed by atoms with Gasteiger partial charge in [-0.3, -0.25) is 9.69 Å². The summed E-state index contributed by atoms with van der Waals surface area (Å²) in [4.78, 5) is 12.5. The average Bonchev–Trinajstić information content (AvgIpc) is 2.27. The van der Waals surface area contributed by atoms with E-state index in [1.807, 2.05) is 18.7 Å². The van der Waals surface area contributed by atoms with E-state index in [2.05, 4.69) is 0 Å². The number of rotatable bonds is 5. The fraction of sp³-hybridized carbons (Fsp3) is 0.923. The molecule has 1 saturated carbocycles. The summed E-state index contributed by atoms with van der Waals surface area (Å²) in [5, 5.41) is 8.72. The lowest BCUT2D eigenvalue weighted by atomic mass is 9.84. The molecule has 1 aliphatic carbocycles. The van der Waals surface area contributed by atoms with Crippen LogP contribution >= 0.6 is 0 Å². The maximum absolute atomic E-state index is 12.8. The summed E-state index contributed by atoms with van der Waals surface area (Å²) in [6.07, 6.45) is -2.57. The summed E-state index contributed by atoms with van der Waals surface area (Å²) in [7, 11) is 0. The lowest BCUT2D eigenvalue weighted by Gasteiger charge is -2.40. The van der Waals surface area contributed by atoms with Crippen LogP contribution in [0.1, 0.15) is 46.0 Å². The number of carbonyl (C=O) groups is 1. The molecule has 0 radical (unpaired) electrons. The van der Waals surface area contributed by atoms with Crippen LogP contribution in [0.2, 0.25) is 0 Å². The molecule has 6 heteroatoms. The minimum absolute atomic E-state index is 0.0225. The first-order chi connectivity index (χ1) is 8.71. The number of alkyl halides is 3. The first-order valence-corrected chi connectivity index (χ1v) is 6.76. The van der Waals surface area contributed by atoms with Crippen LogP contribution in [0.4, 0.5) is 13.2 Å². The predicted octanol–water partition coefficient (Wildman–Crippen LogP) is 3.29. The van der Waals surface area contributed by atoms with E-state index in [4.69, 9.17) is 5.11 Å². The molecule has 1 N–H and O–H groups in total. The van der Waals surface area contributed by atoms with Crippen molar-refractivity contribution in [2.24, 2.45) is 5.92 Å². The molecule has 0 heterocycles. The Balaban J connectivity index is 2.65. The fourth-order valence-corrected chi connectivity index (χ4v) is 2.85. The van der Waals surface area contributed by atoms with Gasteiger partial charge in [-0.05, 0) is 33.1 Å². The molecule has 0 aromatic rings. The van der Waals surface area contributed by atoms with Gasteiger partial charge in [0.1, 0.15) is 0 Å². The molecule has 2 unspecified atom stereocenters. The molecule has 3 nitrogen and oxygen atoms in total. The molecular formula is C13H22F3NO2. The van der Waals surface area contributed by atoms with Crippen molar-refractivity contribution in [3.8, 4) is 0 Å². The topological polar surface area (TPSA) is 40.5 Å². The van der Waals surface area contributed by atoms with Gasteiger partial charge >= 0.3 is 12.1 Å². The SMILES string of the molecule is CC(C)N(CCC(=O)O)C1CCCC(C(F)(F)F)C1. The Hall–Kier alpha value is -0.780. The van der Waals surface area contributed by atoms with Crippen LogP contribution in [-0.2, 0) is 4.79 Å². The third kappa shape index (κ3) is 5.01. The van der Waals surface area contributed by atoms with Gasteiger partial charge in [-0.25, -0.2) is 0 Å². The quantitative estimate of drug-likeness (QED) is 0.840. The largest absolute Gasteiger partial charge is 0.481 e. The van der Waals surface area contributed by atoms with Crippen molar-refractivity contribution in [3.63, 3.8) is 0 Å². The van der Waals surface area contributed by atoms with E-state index < -0.39 is 18.1 Å². The third-order valence-corrected chi connectivity index (χ3v) is 3.83. The molecule has 19 heavy (non-hydrogen) atoms. The molecule has 112 valence electrons. The van der Waals surface area contributed by atoms with E-state index in [1.165, 1.54) is 0 Å². The zero-order valence-electron chi connectivity index (χ0n) is 11.4. The molecule has 0 saturated heterocycles. The normalized spacial score (nSPS) is 25.0. The van der Waals surface area contributed by atoms with Crippen molar-refractivity contribution in [1.29, 1.82) is 0 Å². The van der Waals surface area contributed by atoms with Gasteiger partial charge in [0.05, 0.1) is 12.3 Å². The third-order valence-electron chi connectivity index (χ3n) is 3.83. The maximum Gasteiger partial charge on any atom is 0.391 e. The van der Waals surface area contributed by atoms with E-state index in [-0.39, 0.29) is 31.3 Å². The van der Waals surface area contributed by atoms with E-state index in [9.17, 15) is 18.0 Å². The highest BCUT2D eigenvalue weighted by atomic mass is 19.4. The van der Waals surface area contributed by atoms with Crippen molar-refractivity contribution in [2.75, 3.05) is 6.54 Å². The minimum Gasteiger partial charge on any atom is -0.481 e. The monoisotopic (exact) mass is 281 g/mol. The van der Waals surface area contributed by atoms with Crippen molar-refractivity contribution < 1.29 is 23.1 Å². The average molecular weight is 281 g/mol. The summed E-state index contributed by atoms with van der Waals surface area (Å²) in [6.45, 7) is 4.13. The van der Waals surface area contributed by atoms with Gasteiger partial charge in [-0.15, -0.1) is 0 Å². The second-order valence-corrected chi connectivity index (χ2v) is 5.53. The smallest absolute Gasteiger partial charge is 0.391 e. The lowest BCUT2D eigenvalue weighted by molar-refractivity contribution is -0.187. The van der Waals surface area contributed by atoms with Crippen LogP contribution in [0.5, 0.6) is 0 Å². The predicted molar refractivity (Wildman–Crippen MR) is 65.9 cm³/mol. The van der Waals surface area contributed by atoms with Crippen molar-refractivity contribution in [1.82, 2.24) is 4.90 Å². The van der Waals surface area contributed by atoms with E-state index in [0.717, 1.165) is 6.42 Å². The van der Waals surface area contributed by atoms with Gasteiger partial charge in [-0.1, -0.05) is 6.42 Å². The zero-order valence-corrected chi connectivity index (χ0v) is 11.4. The van der Waals surface area contributed by atoms with Crippen LogP contribution in [0.15, 0.2) is 0 Å². The Morgan fingerprint density at radius 1 is 1.37 bits per heavy atom. The summed E-state index contributed by atoms with van der Waals surface area (Å²) in [6, 6.07) is -0.0870. The van der Waals surface area contributed by atoms with Gasteiger partial charge in [-0.2, -0.15) is 13.2 Å². The second-order valence-electron chi connectivity index (χ2n) is 5.53. The molecule has 1 fully saturated rings. The number of hydrogen-bond donors (Lipinski definition) is 1. The Morgan fingerprint density at radius 2 is 2.00 bits per heavy atom. The fourth-order valence-electron chi connectivity index (χ4n) is 2.85. The Bertz CT molecular complexity index is 305. The van der Waals surface area contributed by atoms with Gasteiger partial charge in [0, 0.05) is 18.6 Å². The van der Waals surface area contributed by atoms with Gasteiger partial charge in [0.25, 0.3) is 0 Å². The molecule has 0 amide bonds. The molecule has 0 spiro atoms. The highest BCUT2D eigenvalue weighted by Gasteiger charge is 2.43. The molecular weight excluding hydrogens is 259 g/mol. The lowest BCUT2D eigenvalue weighted by Crippen LogP contribution is -2.46. The van der Waals surface area contributed by atoms with Crippen LogP contribution in [0.25, 0.3) is 0 Å². The van der Waals surface area contributed by atoms with Crippen LogP contribution in [0.3, 0.4) is 0 Å². The standard InChI is InChI=1S/C13H22F3NO2/c1-9(2)17(7-6-12(18)19)11-5-3-4-10(8-11)13(14,15)16/h9-11H,3-8H2,1-2H3,(H,18,19). The highest BCUT2D eigenvalue weighted by molar-refractivity contribution is 5.66. The number of carboxylic acids is 1. The van der Waals surface area contributed by atoms with E-state index in [0.29, 0.717) is 13.0 Å². The number of hydrogen-bond acceptors (Lipinski definition) is 2. The Morgan fingerprint density at radius 3 is 2.47 bits per heavy atom. The van der Waals surface area contributed by atoms with Crippen molar-refractivity contribution in [3.05, 3.63) is 0 Å². The molecule has 2 atom stereocenters. The molecule has 0 aromatic heterocycles. The molecule has 0 aliphatic heterocycles. The molecule has 0 aromatic carbocycles. The van der Waals surface area contributed by atoms with Gasteiger partial charge in [0.15, 0.2) is 0 Å². The van der Waals surface area contributed by atoms with Gasteiger partial charge < -0.3 is 5.11 Å². The summed E-state index contributed by atoms with van der Waals surface area (Å²) < 4.78 is 38.3. The second kappa shape index (κ2) is 6.59. The van der Waals surface area contributed by atoms with Crippen LogP contribution < -0.4 is 0 Å². The zero-order chi connectivity index (χ0) is 14.6. The molecule has 1 rings (SSSR count). The number of halogens is 3. The Labute approximate surface area is 111 Å². The number of aliphatic carboxylic acids is 1. The van der Waals surface area contributed by atoms with Crippen LogP contribution in [-0.4, -0.2) is 40.8 Å². The first kappa shape index (κ1) is 16.3.